The predicted molar refractivity (Wildman–Crippen MR) is 120 cm³/mol. The van der Waals surface area contributed by atoms with E-state index in [0.29, 0.717) is 5.92 Å². The van der Waals surface area contributed by atoms with E-state index < -0.39 is 0 Å². The van der Waals surface area contributed by atoms with Crippen molar-refractivity contribution in [2.24, 2.45) is 5.92 Å². The summed E-state index contributed by atoms with van der Waals surface area (Å²) in [5, 5.41) is 0. The van der Waals surface area contributed by atoms with Gasteiger partial charge in [0.1, 0.15) is 0 Å². The average Bonchev–Trinajstić information content (AvgIpc) is 3.01. The van der Waals surface area contributed by atoms with Crippen molar-refractivity contribution in [2.45, 2.75) is 11.8 Å². The van der Waals surface area contributed by atoms with Crippen molar-refractivity contribution in [3.8, 4) is 11.1 Å². The molecule has 1 atom stereocenters. The molecule has 5 rings (SSSR count). The zero-order valence-electron chi connectivity index (χ0n) is 14.7. The molecule has 3 aromatic rings. The molecule has 0 nitrogen and oxygen atoms in total. The molecule has 0 saturated carbocycles. The Hall–Kier alpha value is -1.90. The van der Waals surface area contributed by atoms with Crippen LogP contribution in [-0.4, -0.2) is 0 Å². The van der Waals surface area contributed by atoms with Crippen molar-refractivity contribution >= 4 is 31.9 Å². The molecule has 0 fully saturated rings. The first-order valence-corrected chi connectivity index (χ1v) is 10.8. The highest BCUT2D eigenvalue weighted by molar-refractivity contribution is 9.12. The average molecular weight is 478 g/mol. The second-order valence-corrected chi connectivity index (χ2v) is 9.03. The summed E-state index contributed by atoms with van der Waals surface area (Å²) in [5.74, 6) is 0.366. The van der Waals surface area contributed by atoms with Gasteiger partial charge in [-0.1, -0.05) is 111 Å². The maximum atomic E-state index is 3.64. The van der Waals surface area contributed by atoms with E-state index in [1.54, 1.807) is 0 Å². The normalized spacial score (nSPS) is 19.3. The van der Waals surface area contributed by atoms with Gasteiger partial charge in [-0.15, -0.1) is 0 Å². The first-order chi connectivity index (χ1) is 13.2. The van der Waals surface area contributed by atoms with Crippen LogP contribution in [0, 0.1) is 5.92 Å². The Morgan fingerprint density at radius 1 is 0.741 bits per heavy atom. The summed E-state index contributed by atoms with van der Waals surface area (Å²) in [6.45, 7) is 0. The zero-order valence-corrected chi connectivity index (χ0v) is 17.9. The Bertz CT molecular complexity index is 1030. The lowest BCUT2D eigenvalue weighted by Crippen LogP contribution is -2.35. The molecular weight excluding hydrogens is 460 g/mol. The van der Waals surface area contributed by atoms with Crippen LogP contribution in [0.5, 0.6) is 0 Å². The van der Waals surface area contributed by atoms with Gasteiger partial charge < -0.3 is 0 Å². The number of hydrogen-bond donors (Lipinski definition) is 0. The smallest absolute Gasteiger partial charge is 0.0529 e. The number of halogens is 2. The van der Waals surface area contributed by atoms with Crippen LogP contribution < -0.4 is 0 Å². The number of hydrogen-bond acceptors (Lipinski definition) is 0. The molecule has 2 aliphatic rings. The molecule has 132 valence electrons. The topological polar surface area (TPSA) is 0 Å². The SMILES string of the molecule is BrC1=CCC(C2(c3ccc(Br)cc3)c3ccccc3-c3ccccc32)C=C1. The molecule has 1 unspecified atom stereocenters. The first-order valence-electron chi connectivity index (χ1n) is 9.20. The molecule has 0 amide bonds. The van der Waals surface area contributed by atoms with E-state index in [9.17, 15) is 0 Å². The summed E-state index contributed by atoms with van der Waals surface area (Å²) in [7, 11) is 0. The number of allylic oxidation sites excluding steroid dienone is 4. The van der Waals surface area contributed by atoms with Gasteiger partial charge in [-0.3, -0.25) is 0 Å². The van der Waals surface area contributed by atoms with Crippen molar-refractivity contribution < 1.29 is 0 Å². The fourth-order valence-electron chi connectivity index (χ4n) is 4.82. The minimum absolute atomic E-state index is 0.172. The van der Waals surface area contributed by atoms with Crippen LogP contribution in [0.1, 0.15) is 23.1 Å². The van der Waals surface area contributed by atoms with Crippen LogP contribution in [-0.2, 0) is 5.41 Å². The molecule has 0 spiro atoms. The molecule has 0 N–H and O–H groups in total. The summed E-state index contributed by atoms with van der Waals surface area (Å²) in [5.41, 5.74) is 6.72. The van der Waals surface area contributed by atoms with Gasteiger partial charge in [0.15, 0.2) is 0 Å². The van der Waals surface area contributed by atoms with Crippen molar-refractivity contribution in [3.05, 3.63) is 117 Å². The Labute approximate surface area is 176 Å². The fourth-order valence-corrected chi connectivity index (χ4v) is 5.43. The van der Waals surface area contributed by atoms with E-state index in [2.05, 4.69) is 123 Å². The van der Waals surface area contributed by atoms with Crippen LogP contribution in [0.15, 0.2) is 100.0 Å². The third-order valence-electron chi connectivity index (χ3n) is 5.90. The van der Waals surface area contributed by atoms with Crippen molar-refractivity contribution in [1.82, 2.24) is 0 Å². The third kappa shape index (κ3) is 2.54. The Morgan fingerprint density at radius 2 is 1.33 bits per heavy atom. The highest BCUT2D eigenvalue weighted by atomic mass is 79.9. The van der Waals surface area contributed by atoms with Crippen LogP contribution in [0.4, 0.5) is 0 Å². The number of fused-ring (bicyclic) bond motifs is 3. The molecule has 2 aliphatic carbocycles. The number of rotatable bonds is 2. The van der Waals surface area contributed by atoms with Crippen LogP contribution >= 0.6 is 31.9 Å². The first kappa shape index (κ1) is 17.2. The minimum Gasteiger partial charge on any atom is -0.0784 e. The zero-order chi connectivity index (χ0) is 18.4. The Morgan fingerprint density at radius 3 is 1.89 bits per heavy atom. The maximum absolute atomic E-state index is 3.64. The van der Waals surface area contributed by atoms with Crippen molar-refractivity contribution in [1.29, 1.82) is 0 Å². The van der Waals surface area contributed by atoms with Crippen LogP contribution in [0.2, 0.25) is 0 Å². The van der Waals surface area contributed by atoms with E-state index in [4.69, 9.17) is 0 Å². The number of benzene rings is 3. The molecule has 0 aromatic heterocycles. The van der Waals surface area contributed by atoms with E-state index in [1.165, 1.54) is 32.3 Å². The molecular formula is C25H18Br2. The second kappa shape index (κ2) is 6.61. The van der Waals surface area contributed by atoms with Crippen LogP contribution in [0.25, 0.3) is 11.1 Å². The van der Waals surface area contributed by atoms with Gasteiger partial charge in [0.25, 0.3) is 0 Å². The van der Waals surface area contributed by atoms with E-state index in [-0.39, 0.29) is 5.41 Å². The molecule has 0 bridgehead atoms. The van der Waals surface area contributed by atoms with Gasteiger partial charge in [0.05, 0.1) is 5.41 Å². The van der Waals surface area contributed by atoms with Gasteiger partial charge >= 0.3 is 0 Å². The largest absolute Gasteiger partial charge is 0.0784 e. The Kier molecular flexibility index (Phi) is 4.22. The van der Waals surface area contributed by atoms with Gasteiger partial charge in [0.2, 0.25) is 0 Å². The standard InChI is InChI=1S/C25H18Br2/c26-19-13-9-17(10-14-19)25(18-11-15-20(27)16-12-18)23-7-3-1-5-21(23)22-6-2-4-8-24(22)25/h1-11,13-16,18H,12H2. The van der Waals surface area contributed by atoms with Gasteiger partial charge in [-0.2, -0.15) is 0 Å². The molecule has 2 heteroatoms. The Balaban J connectivity index is 1.86. The third-order valence-corrected chi connectivity index (χ3v) is 7.02. The molecule has 0 aliphatic heterocycles. The lowest BCUT2D eigenvalue weighted by atomic mass is 9.62. The summed E-state index contributed by atoms with van der Waals surface area (Å²) in [6.07, 6.45) is 7.90. The van der Waals surface area contributed by atoms with E-state index in [1.807, 2.05) is 0 Å². The van der Waals surface area contributed by atoms with Crippen LogP contribution in [0.3, 0.4) is 0 Å². The molecule has 27 heavy (non-hydrogen) atoms. The summed E-state index contributed by atoms with van der Waals surface area (Å²) >= 11 is 7.25. The highest BCUT2D eigenvalue weighted by Gasteiger charge is 2.48. The molecule has 0 heterocycles. The van der Waals surface area contributed by atoms with E-state index in [0.717, 1.165) is 10.9 Å². The summed E-state index contributed by atoms with van der Waals surface area (Å²) in [4.78, 5) is 0. The summed E-state index contributed by atoms with van der Waals surface area (Å²) < 4.78 is 2.28. The molecule has 0 saturated heterocycles. The quantitative estimate of drug-likeness (QED) is 0.356. The van der Waals surface area contributed by atoms with E-state index >= 15 is 0 Å². The summed E-state index contributed by atoms with van der Waals surface area (Å²) in [6, 6.07) is 26.7. The monoisotopic (exact) mass is 476 g/mol. The van der Waals surface area contributed by atoms with Gasteiger partial charge in [0, 0.05) is 8.96 Å². The van der Waals surface area contributed by atoms with Gasteiger partial charge in [-0.05, 0) is 52.3 Å². The predicted octanol–water partition coefficient (Wildman–Crippen LogP) is 7.62. The van der Waals surface area contributed by atoms with Crippen molar-refractivity contribution in [3.63, 3.8) is 0 Å². The lowest BCUT2D eigenvalue weighted by Gasteiger charge is -2.40. The highest BCUT2D eigenvalue weighted by Crippen LogP contribution is 2.58. The van der Waals surface area contributed by atoms with Crippen molar-refractivity contribution in [2.75, 3.05) is 0 Å². The molecule has 0 radical (unpaired) electrons. The van der Waals surface area contributed by atoms with Gasteiger partial charge in [-0.25, -0.2) is 0 Å². The fraction of sp³-hybridized carbons (Fsp3) is 0.120. The molecule has 3 aromatic carbocycles. The minimum atomic E-state index is -0.172. The second-order valence-electron chi connectivity index (χ2n) is 7.20. The lowest BCUT2D eigenvalue weighted by molar-refractivity contribution is 0.457. The maximum Gasteiger partial charge on any atom is 0.0529 e.